The molecule has 0 saturated carbocycles. The summed E-state index contributed by atoms with van der Waals surface area (Å²) >= 11 is 0. The van der Waals surface area contributed by atoms with Gasteiger partial charge in [0.1, 0.15) is 4.90 Å². The zero-order valence-electron chi connectivity index (χ0n) is 11.1. The lowest BCUT2D eigenvalue weighted by molar-refractivity contribution is 0.157. The van der Waals surface area contributed by atoms with E-state index in [4.69, 9.17) is 10.6 Å². The number of nitrogens with one attached hydrogen (secondary N) is 2. The molecule has 1 heterocycles. The van der Waals surface area contributed by atoms with Gasteiger partial charge in [-0.2, -0.15) is 0 Å². The molecule has 4 N–H and O–H groups in total. The molecular formula is C10H19N5O3S. The van der Waals surface area contributed by atoms with Gasteiger partial charge in [-0.25, -0.2) is 29.0 Å². The third-order valence-electron chi connectivity index (χ3n) is 2.53. The summed E-state index contributed by atoms with van der Waals surface area (Å²) in [5, 5.41) is 0. The van der Waals surface area contributed by atoms with E-state index in [1.807, 2.05) is 13.8 Å². The lowest BCUT2D eigenvalue weighted by Crippen LogP contribution is -2.41. The number of methoxy groups -OCH3 is 1. The Hall–Kier alpha value is -1.29. The Kier molecular flexibility index (Phi) is 5.60. The van der Waals surface area contributed by atoms with Crippen LogP contribution in [0.15, 0.2) is 17.3 Å². The first kappa shape index (κ1) is 15.8. The molecule has 0 fully saturated rings. The third-order valence-corrected chi connectivity index (χ3v) is 3.97. The zero-order valence-corrected chi connectivity index (χ0v) is 11.9. The van der Waals surface area contributed by atoms with Crippen LogP contribution in [-0.2, 0) is 14.8 Å². The van der Waals surface area contributed by atoms with Crippen LogP contribution in [0.25, 0.3) is 0 Å². The maximum atomic E-state index is 12.1. The highest BCUT2D eigenvalue weighted by Gasteiger charge is 2.23. The maximum absolute atomic E-state index is 12.1. The van der Waals surface area contributed by atoms with Gasteiger partial charge in [-0.3, -0.25) is 5.43 Å². The highest BCUT2D eigenvalue weighted by atomic mass is 32.2. The average molecular weight is 289 g/mol. The fraction of sp³-hybridized carbons (Fsp3) is 0.600. The summed E-state index contributed by atoms with van der Waals surface area (Å²) in [7, 11) is -2.15. The van der Waals surface area contributed by atoms with Gasteiger partial charge in [0.15, 0.2) is 0 Å². The SMILES string of the molecule is COCC(NS(=O)(=O)c1cnc(NN)nc1)C(C)C. The zero-order chi connectivity index (χ0) is 14.5. The topological polar surface area (TPSA) is 119 Å². The number of rotatable bonds is 7. The van der Waals surface area contributed by atoms with Crippen molar-refractivity contribution in [2.45, 2.75) is 24.8 Å². The van der Waals surface area contributed by atoms with Crippen molar-refractivity contribution < 1.29 is 13.2 Å². The van der Waals surface area contributed by atoms with E-state index in [2.05, 4.69) is 20.1 Å². The van der Waals surface area contributed by atoms with Crippen molar-refractivity contribution in [1.29, 1.82) is 0 Å². The summed E-state index contributed by atoms with van der Waals surface area (Å²) in [6.45, 7) is 4.11. The number of nitrogens with two attached hydrogens (primary N) is 1. The largest absolute Gasteiger partial charge is 0.383 e. The second-order valence-electron chi connectivity index (χ2n) is 4.31. The molecule has 1 aromatic heterocycles. The number of aromatic nitrogens is 2. The van der Waals surface area contributed by atoms with Gasteiger partial charge in [0.05, 0.1) is 19.0 Å². The first-order chi connectivity index (χ1) is 8.90. The second kappa shape index (κ2) is 6.75. The standard InChI is InChI=1S/C10H19N5O3S/c1-7(2)9(6-18-3)15-19(16,17)8-4-12-10(14-11)13-5-8/h4-5,7,9,15H,6,11H2,1-3H3,(H,12,13,14). The minimum Gasteiger partial charge on any atom is -0.383 e. The van der Waals surface area contributed by atoms with Crippen LogP contribution in [0.5, 0.6) is 0 Å². The number of hydrogen-bond donors (Lipinski definition) is 3. The number of nitrogens with zero attached hydrogens (tertiary/aromatic N) is 2. The molecular weight excluding hydrogens is 270 g/mol. The molecule has 1 unspecified atom stereocenters. The Morgan fingerprint density at radius 1 is 1.37 bits per heavy atom. The summed E-state index contributed by atoms with van der Waals surface area (Å²) in [6, 6.07) is -0.317. The summed E-state index contributed by atoms with van der Waals surface area (Å²) in [5.41, 5.74) is 2.23. The van der Waals surface area contributed by atoms with E-state index in [9.17, 15) is 8.42 Å². The van der Waals surface area contributed by atoms with Gasteiger partial charge in [0.2, 0.25) is 16.0 Å². The van der Waals surface area contributed by atoms with Crippen molar-refractivity contribution >= 4 is 16.0 Å². The van der Waals surface area contributed by atoms with Crippen LogP contribution in [0, 0.1) is 5.92 Å². The van der Waals surface area contributed by atoms with E-state index in [1.54, 1.807) is 0 Å². The van der Waals surface area contributed by atoms with Crippen molar-refractivity contribution in [3.63, 3.8) is 0 Å². The highest BCUT2D eigenvalue weighted by Crippen LogP contribution is 2.11. The Labute approximate surface area is 112 Å². The maximum Gasteiger partial charge on any atom is 0.243 e. The van der Waals surface area contributed by atoms with Crippen LogP contribution < -0.4 is 16.0 Å². The summed E-state index contributed by atoms with van der Waals surface area (Å²) in [6.07, 6.45) is 2.38. The second-order valence-corrected chi connectivity index (χ2v) is 6.03. The minimum absolute atomic E-state index is 0.0201. The number of sulfonamides is 1. The van der Waals surface area contributed by atoms with Crippen LogP contribution in [0.3, 0.4) is 0 Å². The first-order valence-corrected chi connectivity index (χ1v) is 7.19. The quantitative estimate of drug-likeness (QED) is 0.466. The molecule has 0 radical (unpaired) electrons. The van der Waals surface area contributed by atoms with Crippen molar-refractivity contribution in [1.82, 2.24) is 14.7 Å². The number of ether oxygens (including phenoxy) is 1. The van der Waals surface area contributed by atoms with Crippen LogP contribution in [0.2, 0.25) is 0 Å². The molecule has 0 aliphatic rings. The molecule has 108 valence electrons. The van der Waals surface area contributed by atoms with Gasteiger partial charge < -0.3 is 4.74 Å². The van der Waals surface area contributed by atoms with Gasteiger partial charge in [-0.15, -0.1) is 0 Å². The molecule has 0 aliphatic heterocycles. The molecule has 0 amide bonds. The number of nitrogen functional groups attached to an aromatic ring is 1. The van der Waals surface area contributed by atoms with Crippen LogP contribution in [0.4, 0.5) is 5.95 Å². The molecule has 1 rings (SSSR count). The van der Waals surface area contributed by atoms with Crippen molar-refractivity contribution in [2.75, 3.05) is 19.1 Å². The normalized spacial score (nSPS) is 13.5. The van der Waals surface area contributed by atoms with E-state index in [-0.39, 0.29) is 22.8 Å². The van der Waals surface area contributed by atoms with E-state index in [1.165, 1.54) is 19.5 Å². The van der Waals surface area contributed by atoms with E-state index >= 15 is 0 Å². The fourth-order valence-corrected chi connectivity index (χ4v) is 2.60. The number of hydrogen-bond acceptors (Lipinski definition) is 7. The number of anilines is 1. The van der Waals surface area contributed by atoms with Gasteiger partial charge in [0.25, 0.3) is 0 Å². The Morgan fingerprint density at radius 3 is 2.37 bits per heavy atom. The van der Waals surface area contributed by atoms with Gasteiger partial charge >= 0.3 is 0 Å². The molecule has 0 aliphatic carbocycles. The molecule has 0 saturated heterocycles. The average Bonchev–Trinajstić information content (AvgIpc) is 2.38. The lowest BCUT2D eigenvalue weighted by atomic mass is 10.1. The number of hydrazine groups is 1. The van der Waals surface area contributed by atoms with Gasteiger partial charge in [0, 0.05) is 13.2 Å². The Morgan fingerprint density at radius 2 is 1.95 bits per heavy atom. The van der Waals surface area contributed by atoms with Crippen molar-refractivity contribution in [3.8, 4) is 0 Å². The monoisotopic (exact) mass is 289 g/mol. The summed E-state index contributed by atoms with van der Waals surface area (Å²) < 4.78 is 31.8. The molecule has 0 aromatic carbocycles. The first-order valence-electron chi connectivity index (χ1n) is 5.70. The van der Waals surface area contributed by atoms with E-state index in [0.717, 1.165) is 0 Å². The summed E-state index contributed by atoms with van der Waals surface area (Å²) in [4.78, 5) is 7.51. The smallest absolute Gasteiger partial charge is 0.243 e. The molecule has 8 nitrogen and oxygen atoms in total. The van der Waals surface area contributed by atoms with Gasteiger partial charge in [-0.05, 0) is 5.92 Å². The predicted molar refractivity (Wildman–Crippen MR) is 70.7 cm³/mol. The van der Waals surface area contributed by atoms with Crippen LogP contribution in [-0.4, -0.2) is 38.1 Å². The van der Waals surface area contributed by atoms with Crippen LogP contribution in [0.1, 0.15) is 13.8 Å². The third kappa shape index (κ3) is 4.39. The molecule has 1 aromatic rings. The van der Waals surface area contributed by atoms with E-state index in [0.29, 0.717) is 6.61 Å². The predicted octanol–water partition coefficient (Wildman–Crippen LogP) is -0.288. The minimum atomic E-state index is -3.68. The molecule has 0 spiro atoms. The van der Waals surface area contributed by atoms with Gasteiger partial charge in [-0.1, -0.05) is 13.8 Å². The summed E-state index contributed by atoms with van der Waals surface area (Å²) in [5.74, 6) is 5.36. The van der Waals surface area contributed by atoms with Crippen molar-refractivity contribution in [3.05, 3.63) is 12.4 Å². The molecule has 0 bridgehead atoms. The highest BCUT2D eigenvalue weighted by molar-refractivity contribution is 7.89. The molecule has 1 atom stereocenters. The molecule has 9 heteroatoms. The Balaban J connectivity index is 2.89. The van der Waals surface area contributed by atoms with E-state index < -0.39 is 10.0 Å². The van der Waals surface area contributed by atoms with Crippen molar-refractivity contribution in [2.24, 2.45) is 11.8 Å². The Bertz CT molecular complexity index is 488. The lowest BCUT2D eigenvalue weighted by Gasteiger charge is -2.21. The fourth-order valence-electron chi connectivity index (χ4n) is 1.34. The molecule has 19 heavy (non-hydrogen) atoms. The van der Waals surface area contributed by atoms with Crippen LogP contribution >= 0.6 is 0 Å².